The average Bonchev–Trinajstić information content (AvgIpc) is 3.06. The van der Waals surface area contributed by atoms with Gasteiger partial charge in [0.25, 0.3) is 0 Å². The minimum Gasteiger partial charge on any atom is -0.347 e. The zero-order chi connectivity index (χ0) is 18.1. The lowest BCUT2D eigenvalue weighted by atomic mass is 10.0. The molecule has 0 unspecified atom stereocenters. The van der Waals surface area contributed by atoms with E-state index in [4.69, 9.17) is 21.1 Å². The van der Waals surface area contributed by atoms with Crippen LogP contribution in [0.15, 0.2) is 24.3 Å². The van der Waals surface area contributed by atoms with Crippen molar-refractivity contribution in [3.8, 4) is 0 Å². The summed E-state index contributed by atoms with van der Waals surface area (Å²) in [4.78, 5) is 11.3. The third-order valence-corrected chi connectivity index (χ3v) is 4.95. The standard InChI is InChI=1S/C18H20ClFN4O2/c1-12-10-16(22-13-2-3-15(20)14(19)11-13)23-17(21-12)24-6-4-18(5-7-24)25-8-9-26-18/h2-3,10-11H,4-9H2,1H3,(H,21,22,23). The van der Waals surface area contributed by atoms with Crippen LogP contribution in [0.1, 0.15) is 18.5 Å². The van der Waals surface area contributed by atoms with Crippen molar-refractivity contribution in [3.63, 3.8) is 0 Å². The smallest absolute Gasteiger partial charge is 0.227 e. The SMILES string of the molecule is Cc1cc(Nc2ccc(F)c(Cl)c2)nc(N2CCC3(CC2)OCCO3)n1. The molecule has 1 aromatic carbocycles. The number of benzene rings is 1. The normalized spacial score (nSPS) is 19.1. The highest BCUT2D eigenvalue weighted by Crippen LogP contribution is 2.32. The maximum atomic E-state index is 13.3. The molecule has 2 fully saturated rings. The van der Waals surface area contributed by atoms with Gasteiger partial charge in [0.15, 0.2) is 5.79 Å². The van der Waals surface area contributed by atoms with Gasteiger partial charge in [-0.05, 0) is 25.1 Å². The molecule has 1 N–H and O–H groups in total. The minimum atomic E-state index is -0.449. The van der Waals surface area contributed by atoms with Gasteiger partial charge in [0.1, 0.15) is 11.6 Å². The van der Waals surface area contributed by atoms with Crippen LogP contribution in [0, 0.1) is 12.7 Å². The third-order valence-electron chi connectivity index (χ3n) is 4.66. The summed E-state index contributed by atoms with van der Waals surface area (Å²) in [6.45, 7) is 4.78. The summed E-state index contributed by atoms with van der Waals surface area (Å²) in [7, 11) is 0. The molecule has 2 saturated heterocycles. The fourth-order valence-corrected chi connectivity index (χ4v) is 3.49. The van der Waals surface area contributed by atoms with Crippen molar-refractivity contribution in [2.24, 2.45) is 0 Å². The highest BCUT2D eigenvalue weighted by molar-refractivity contribution is 6.31. The van der Waals surface area contributed by atoms with E-state index in [9.17, 15) is 4.39 Å². The van der Waals surface area contributed by atoms with Crippen LogP contribution in [-0.4, -0.2) is 42.1 Å². The van der Waals surface area contributed by atoms with Gasteiger partial charge in [0.2, 0.25) is 5.95 Å². The average molecular weight is 379 g/mol. The summed E-state index contributed by atoms with van der Waals surface area (Å²) in [6.07, 6.45) is 1.58. The maximum Gasteiger partial charge on any atom is 0.227 e. The Morgan fingerprint density at radius 3 is 2.58 bits per heavy atom. The Balaban J connectivity index is 1.50. The number of hydrogen-bond donors (Lipinski definition) is 1. The van der Waals surface area contributed by atoms with Gasteiger partial charge in [0, 0.05) is 43.4 Å². The van der Waals surface area contributed by atoms with Gasteiger partial charge in [-0.1, -0.05) is 11.6 Å². The van der Waals surface area contributed by atoms with E-state index in [1.807, 2.05) is 13.0 Å². The summed E-state index contributed by atoms with van der Waals surface area (Å²) in [5.41, 5.74) is 1.52. The van der Waals surface area contributed by atoms with Crippen molar-refractivity contribution in [2.45, 2.75) is 25.6 Å². The van der Waals surface area contributed by atoms with Crippen LogP contribution in [0.5, 0.6) is 0 Å². The molecule has 8 heteroatoms. The van der Waals surface area contributed by atoms with Gasteiger partial charge in [-0.2, -0.15) is 4.98 Å². The number of anilines is 3. The lowest BCUT2D eigenvalue weighted by Crippen LogP contribution is -2.45. The molecule has 3 heterocycles. The summed E-state index contributed by atoms with van der Waals surface area (Å²) < 4.78 is 24.9. The van der Waals surface area contributed by atoms with Crippen LogP contribution in [0.25, 0.3) is 0 Å². The molecule has 4 rings (SSSR count). The summed E-state index contributed by atoms with van der Waals surface area (Å²) in [5.74, 6) is 0.430. The number of hydrogen-bond acceptors (Lipinski definition) is 6. The van der Waals surface area contributed by atoms with E-state index < -0.39 is 11.6 Å². The van der Waals surface area contributed by atoms with Gasteiger partial charge >= 0.3 is 0 Å². The van der Waals surface area contributed by atoms with E-state index in [1.54, 1.807) is 6.07 Å². The summed E-state index contributed by atoms with van der Waals surface area (Å²) in [5, 5.41) is 3.23. The predicted molar refractivity (Wildman–Crippen MR) is 97.5 cm³/mol. The highest BCUT2D eigenvalue weighted by atomic mass is 35.5. The van der Waals surface area contributed by atoms with Crippen LogP contribution in [-0.2, 0) is 9.47 Å². The van der Waals surface area contributed by atoms with Crippen molar-refractivity contribution in [1.82, 2.24) is 9.97 Å². The Hall–Kier alpha value is -1.96. The zero-order valence-electron chi connectivity index (χ0n) is 14.5. The van der Waals surface area contributed by atoms with Crippen molar-refractivity contribution < 1.29 is 13.9 Å². The summed E-state index contributed by atoms with van der Waals surface area (Å²) >= 11 is 5.84. The number of piperidine rings is 1. The van der Waals surface area contributed by atoms with Crippen molar-refractivity contribution in [3.05, 3.63) is 40.8 Å². The number of rotatable bonds is 3. The quantitative estimate of drug-likeness (QED) is 0.879. The molecular formula is C18H20ClFN4O2. The lowest BCUT2D eigenvalue weighted by molar-refractivity contribution is -0.169. The predicted octanol–water partition coefficient (Wildman–Crippen LogP) is 3.66. The molecule has 2 aliphatic heterocycles. The first-order valence-electron chi connectivity index (χ1n) is 8.64. The first-order valence-corrected chi connectivity index (χ1v) is 9.01. The molecular weight excluding hydrogens is 359 g/mol. The number of aromatic nitrogens is 2. The topological polar surface area (TPSA) is 59.5 Å². The van der Waals surface area contributed by atoms with Crippen LogP contribution < -0.4 is 10.2 Å². The summed E-state index contributed by atoms with van der Waals surface area (Å²) in [6, 6.07) is 6.33. The highest BCUT2D eigenvalue weighted by Gasteiger charge is 2.40. The fraction of sp³-hybridized carbons (Fsp3) is 0.444. The van der Waals surface area contributed by atoms with Gasteiger partial charge in [-0.3, -0.25) is 0 Å². The molecule has 0 aliphatic carbocycles. The molecule has 6 nitrogen and oxygen atoms in total. The second kappa shape index (κ2) is 6.98. The van der Waals surface area contributed by atoms with Crippen LogP contribution in [0.4, 0.5) is 21.8 Å². The first kappa shape index (κ1) is 17.5. The Kier molecular flexibility index (Phi) is 4.69. The van der Waals surface area contributed by atoms with Gasteiger partial charge in [-0.25, -0.2) is 9.37 Å². The van der Waals surface area contributed by atoms with Crippen LogP contribution in [0.2, 0.25) is 5.02 Å². The maximum absolute atomic E-state index is 13.3. The van der Waals surface area contributed by atoms with Crippen LogP contribution in [0.3, 0.4) is 0 Å². The number of halogens is 2. The second-order valence-electron chi connectivity index (χ2n) is 6.54. The van der Waals surface area contributed by atoms with Crippen LogP contribution >= 0.6 is 11.6 Å². The van der Waals surface area contributed by atoms with E-state index in [2.05, 4.69) is 20.2 Å². The third kappa shape index (κ3) is 3.60. The largest absolute Gasteiger partial charge is 0.347 e. The van der Waals surface area contributed by atoms with E-state index in [-0.39, 0.29) is 5.02 Å². The van der Waals surface area contributed by atoms with E-state index in [0.717, 1.165) is 31.6 Å². The molecule has 0 saturated carbocycles. The first-order chi connectivity index (χ1) is 12.5. The fourth-order valence-electron chi connectivity index (χ4n) is 3.31. The molecule has 1 spiro atoms. The molecule has 26 heavy (non-hydrogen) atoms. The van der Waals surface area contributed by atoms with E-state index in [0.29, 0.717) is 30.7 Å². The molecule has 2 aromatic rings. The van der Waals surface area contributed by atoms with Gasteiger partial charge in [-0.15, -0.1) is 0 Å². The number of nitrogens with zero attached hydrogens (tertiary/aromatic N) is 3. The lowest BCUT2D eigenvalue weighted by Gasteiger charge is -2.37. The van der Waals surface area contributed by atoms with Crippen molar-refractivity contribution in [1.29, 1.82) is 0 Å². The van der Waals surface area contributed by atoms with Gasteiger partial charge < -0.3 is 19.7 Å². The number of aryl methyl sites for hydroxylation is 1. The molecule has 0 bridgehead atoms. The zero-order valence-corrected chi connectivity index (χ0v) is 15.2. The molecule has 0 amide bonds. The van der Waals surface area contributed by atoms with Crippen molar-refractivity contribution >= 4 is 29.1 Å². The molecule has 1 aromatic heterocycles. The second-order valence-corrected chi connectivity index (χ2v) is 6.95. The van der Waals surface area contributed by atoms with E-state index in [1.165, 1.54) is 12.1 Å². The Morgan fingerprint density at radius 2 is 1.88 bits per heavy atom. The van der Waals surface area contributed by atoms with E-state index >= 15 is 0 Å². The number of ether oxygens (including phenoxy) is 2. The molecule has 0 atom stereocenters. The monoisotopic (exact) mass is 378 g/mol. The molecule has 2 aliphatic rings. The Bertz CT molecular complexity index is 804. The molecule has 0 radical (unpaired) electrons. The molecule has 138 valence electrons. The number of nitrogens with one attached hydrogen (secondary N) is 1. The Labute approximate surface area is 156 Å². The minimum absolute atomic E-state index is 0.0684. The van der Waals surface area contributed by atoms with Crippen molar-refractivity contribution in [2.75, 3.05) is 36.5 Å². The van der Waals surface area contributed by atoms with Gasteiger partial charge in [0.05, 0.1) is 18.2 Å². The Morgan fingerprint density at radius 1 is 1.15 bits per heavy atom.